The number of amides is 1. The molecule has 0 radical (unpaired) electrons. The second-order valence-corrected chi connectivity index (χ2v) is 6.01. The number of hydrogen-bond acceptors (Lipinski definition) is 2. The second-order valence-electron chi connectivity index (χ2n) is 6.01. The average molecular weight is 390 g/mol. The molecule has 1 heterocycles. The minimum absolute atomic E-state index is 0.00650. The monoisotopic (exact) mass is 390 g/mol. The highest BCUT2D eigenvalue weighted by Gasteiger charge is 2.33. The van der Waals surface area contributed by atoms with Crippen molar-refractivity contribution in [3.63, 3.8) is 0 Å². The van der Waals surface area contributed by atoms with Gasteiger partial charge in [0.1, 0.15) is 5.82 Å². The van der Waals surface area contributed by atoms with E-state index in [2.05, 4.69) is 5.32 Å². The summed E-state index contributed by atoms with van der Waals surface area (Å²) in [6.07, 6.45) is -3.40. The number of benzene rings is 2. The van der Waals surface area contributed by atoms with Gasteiger partial charge in [-0.2, -0.15) is 13.2 Å². The number of hydrogen-bond donors (Lipinski definition) is 1. The van der Waals surface area contributed by atoms with Crippen LogP contribution in [0.1, 0.15) is 21.5 Å². The van der Waals surface area contributed by atoms with Gasteiger partial charge in [0.25, 0.3) is 11.5 Å². The minimum atomic E-state index is -4.62. The molecule has 2 aromatic carbocycles. The zero-order chi connectivity index (χ0) is 20.3. The van der Waals surface area contributed by atoms with Gasteiger partial charge < -0.3 is 9.88 Å². The summed E-state index contributed by atoms with van der Waals surface area (Å²) >= 11 is 0. The van der Waals surface area contributed by atoms with Gasteiger partial charge in [-0.1, -0.05) is 24.3 Å². The number of halogens is 4. The van der Waals surface area contributed by atoms with Crippen molar-refractivity contribution in [2.45, 2.75) is 12.7 Å². The summed E-state index contributed by atoms with van der Waals surface area (Å²) in [4.78, 5) is 24.4. The number of carbonyl (C=O) groups excluding carboxylic acids is 1. The maximum atomic E-state index is 13.3. The van der Waals surface area contributed by atoms with Crippen LogP contribution in [-0.2, 0) is 12.7 Å². The molecule has 0 bridgehead atoms. The van der Waals surface area contributed by atoms with Gasteiger partial charge in [-0.05, 0) is 35.9 Å². The summed E-state index contributed by atoms with van der Waals surface area (Å²) in [5, 5.41) is 2.22. The molecular weight excluding hydrogens is 376 g/mol. The first-order valence-electron chi connectivity index (χ1n) is 8.16. The van der Waals surface area contributed by atoms with E-state index in [1.54, 1.807) is 6.07 Å². The fourth-order valence-corrected chi connectivity index (χ4v) is 2.66. The fraction of sp³-hybridized carbons (Fsp3) is 0.100. The molecule has 3 rings (SSSR count). The van der Waals surface area contributed by atoms with E-state index < -0.39 is 29.0 Å². The highest BCUT2D eigenvalue weighted by molar-refractivity contribution is 6.04. The highest BCUT2D eigenvalue weighted by Crippen LogP contribution is 2.34. The lowest BCUT2D eigenvalue weighted by Crippen LogP contribution is -2.23. The number of nitrogens with zero attached hydrogens (tertiary/aromatic N) is 1. The van der Waals surface area contributed by atoms with Crippen molar-refractivity contribution in [1.82, 2.24) is 4.57 Å². The Balaban J connectivity index is 1.87. The Labute approximate surface area is 157 Å². The van der Waals surface area contributed by atoms with Gasteiger partial charge in [-0.25, -0.2) is 4.39 Å². The predicted molar refractivity (Wildman–Crippen MR) is 95.6 cm³/mol. The molecule has 0 spiro atoms. The van der Waals surface area contributed by atoms with Crippen LogP contribution in [0.2, 0.25) is 0 Å². The molecule has 28 heavy (non-hydrogen) atoms. The molecule has 0 saturated heterocycles. The lowest BCUT2D eigenvalue weighted by molar-refractivity contribution is -0.136. The van der Waals surface area contributed by atoms with Gasteiger partial charge in [0.2, 0.25) is 0 Å². The molecule has 0 saturated carbocycles. The Bertz CT molecular complexity index is 1070. The highest BCUT2D eigenvalue weighted by atomic mass is 19.4. The summed E-state index contributed by atoms with van der Waals surface area (Å²) in [6, 6.07) is 12.5. The average Bonchev–Trinajstić information content (AvgIpc) is 2.63. The van der Waals surface area contributed by atoms with Crippen molar-refractivity contribution in [3.05, 3.63) is 99.7 Å². The predicted octanol–water partition coefficient (Wildman–Crippen LogP) is 4.31. The Morgan fingerprint density at radius 3 is 2.46 bits per heavy atom. The van der Waals surface area contributed by atoms with Crippen molar-refractivity contribution in [3.8, 4) is 0 Å². The van der Waals surface area contributed by atoms with Gasteiger partial charge in [-0.15, -0.1) is 0 Å². The molecule has 1 aromatic heterocycles. The zero-order valence-electron chi connectivity index (χ0n) is 14.3. The van der Waals surface area contributed by atoms with Crippen LogP contribution in [0.4, 0.5) is 23.2 Å². The fourth-order valence-electron chi connectivity index (χ4n) is 2.66. The van der Waals surface area contributed by atoms with E-state index >= 15 is 0 Å². The van der Waals surface area contributed by atoms with E-state index in [0.717, 1.165) is 18.2 Å². The number of rotatable bonds is 4. The maximum absolute atomic E-state index is 13.3. The molecule has 0 unspecified atom stereocenters. The van der Waals surface area contributed by atoms with E-state index in [1.807, 2.05) is 0 Å². The van der Waals surface area contributed by atoms with Crippen molar-refractivity contribution in [2.75, 3.05) is 5.32 Å². The number of carbonyl (C=O) groups is 1. The Hall–Kier alpha value is -3.42. The minimum Gasteiger partial charge on any atom is -0.321 e. The molecule has 0 atom stereocenters. The van der Waals surface area contributed by atoms with E-state index in [1.165, 1.54) is 47.2 Å². The lowest BCUT2D eigenvalue weighted by Gasteiger charge is -2.14. The first-order chi connectivity index (χ1) is 13.2. The second kappa shape index (κ2) is 7.67. The van der Waals surface area contributed by atoms with Crippen LogP contribution in [0.3, 0.4) is 0 Å². The van der Waals surface area contributed by atoms with Crippen LogP contribution in [0.5, 0.6) is 0 Å². The third-order valence-electron chi connectivity index (χ3n) is 3.97. The molecular formula is C20H14F4N2O2. The third-order valence-corrected chi connectivity index (χ3v) is 3.97. The number of para-hydroxylation sites is 1. The largest absolute Gasteiger partial charge is 0.418 e. The SMILES string of the molecule is O=C(Nc1ccccc1C(F)(F)F)c1ccc(=O)n(Cc2cccc(F)c2)c1. The van der Waals surface area contributed by atoms with Crippen molar-refractivity contribution in [2.24, 2.45) is 0 Å². The summed E-state index contributed by atoms with van der Waals surface area (Å²) < 4.78 is 53.7. The van der Waals surface area contributed by atoms with E-state index in [9.17, 15) is 27.2 Å². The van der Waals surface area contributed by atoms with Gasteiger partial charge in [0.05, 0.1) is 23.4 Å². The topological polar surface area (TPSA) is 51.1 Å². The molecule has 3 aromatic rings. The Kier molecular flexibility index (Phi) is 5.30. The van der Waals surface area contributed by atoms with Crippen LogP contribution in [0.15, 0.2) is 71.7 Å². The smallest absolute Gasteiger partial charge is 0.321 e. The third kappa shape index (κ3) is 4.46. The molecule has 8 heteroatoms. The summed E-state index contributed by atoms with van der Waals surface area (Å²) in [5.74, 6) is -1.27. The van der Waals surface area contributed by atoms with Crippen LogP contribution < -0.4 is 10.9 Å². The summed E-state index contributed by atoms with van der Waals surface area (Å²) in [7, 11) is 0. The lowest BCUT2D eigenvalue weighted by atomic mass is 10.1. The molecule has 0 aliphatic heterocycles. The molecule has 4 nitrogen and oxygen atoms in total. The quantitative estimate of drug-likeness (QED) is 0.675. The zero-order valence-corrected chi connectivity index (χ0v) is 14.3. The first kappa shape index (κ1) is 19.3. The molecule has 1 N–H and O–H groups in total. The first-order valence-corrected chi connectivity index (χ1v) is 8.16. The molecule has 1 amide bonds. The Morgan fingerprint density at radius 1 is 1.00 bits per heavy atom. The van der Waals surface area contributed by atoms with E-state index in [0.29, 0.717) is 5.56 Å². The number of nitrogens with one attached hydrogen (secondary N) is 1. The van der Waals surface area contributed by atoms with Crippen LogP contribution in [-0.4, -0.2) is 10.5 Å². The molecule has 0 fully saturated rings. The number of aromatic nitrogens is 1. The van der Waals surface area contributed by atoms with Crippen molar-refractivity contribution < 1.29 is 22.4 Å². The maximum Gasteiger partial charge on any atom is 0.418 e. The molecule has 0 aliphatic rings. The van der Waals surface area contributed by atoms with Gasteiger partial charge in [0, 0.05) is 12.3 Å². The number of alkyl halides is 3. The molecule has 144 valence electrons. The van der Waals surface area contributed by atoms with Crippen molar-refractivity contribution >= 4 is 11.6 Å². The van der Waals surface area contributed by atoms with Crippen LogP contribution >= 0.6 is 0 Å². The van der Waals surface area contributed by atoms with Gasteiger partial charge in [-0.3, -0.25) is 9.59 Å². The van der Waals surface area contributed by atoms with E-state index in [4.69, 9.17) is 0 Å². The normalized spacial score (nSPS) is 11.3. The van der Waals surface area contributed by atoms with Crippen LogP contribution in [0, 0.1) is 5.82 Å². The molecule has 0 aliphatic carbocycles. The number of anilines is 1. The standard InChI is InChI=1S/C20H14F4N2O2/c21-15-5-3-4-13(10-15)11-26-12-14(8-9-18(26)27)19(28)25-17-7-2-1-6-16(17)20(22,23)24/h1-10,12H,11H2,(H,25,28). The van der Waals surface area contributed by atoms with Gasteiger partial charge in [0.15, 0.2) is 0 Å². The van der Waals surface area contributed by atoms with Gasteiger partial charge >= 0.3 is 6.18 Å². The van der Waals surface area contributed by atoms with Crippen molar-refractivity contribution in [1.29, 1.82) is 0 Å². The number of pyridine rings is 1. The summed E-state index contributed by atoms with van der Waals surface area (Å²) in [6.45, 7) is 0.0108. The van der Waals surface area contributed by atoms with E-state index in [-0.39, 0.29) is 17.8 Å². The Morgan fingerprint density at radius 2 is 1.75 bits per heavy atom. The summed E-state index contributed by atoms with van der Waals surface area (Å²) in [5.41, 5.74) is -1.30. The van der Waals surface area contributed by atoms with Crippen LogP contribution in [0.25, 0.3) is 0 Å².